The first-order valence-corrected chi connectivity index (χ1v) is 11.3. The van der Waals surface area contributed by atoms with Crippen molar-refractivity contribution in [2.45, 2.75) is 57.6 Å². The second-order valence-corrected chi connectivity index (χ2v) is 8.78. The number of methoxy groups -OCH3 is 1. The summed E-state index contributed by atoms with van der Waals surface area (Å²) in [6, 6.07) is 6.90. The van der Waals surface area contributed by atoms with Crippen LogP contribution >= 0.6 is 0 Å². The monoisotopic (exact) mass is 428 g/mol. The molecular weight excluding hydrogens is 396 g/mol. The highest BCUT2D eigenvalue weighted by atomic mass is 16.6. The number of carbonyl (C=O) groups excluding carboxylic acids is 2. The first-order valence-electron chi connectivity index (χ1n) is 11.3. The third kappa shape index (κ3) is 5.10. The standard InChI is InChI=1S/C24H32N2O5/c1-15(29-2)14-30-24(28)21-13-17-12-18(8-9-20(17)31-21)26-23(27)22-19(10-11-25-22)16-6-4-3-5-7-16/h8-9,12-13,15-16,19,22,25H,3-7,10-11,14H2,1-2H3,(H,26,27)/t15-,19?,22-/m0/s1. The van der Waals surface area contributed by atoms with E-state index in [9.17, 15) is 9.59 Å². The van der Waals surface area contributed by atoms with Crippen molar-refractivity contribution in [3.8, 4) is 0 Å². The Labute approximate surface area is 182 Å². The molecule has 1 amide bonds. The van der Waals surface area contributed by atoms with Gasteiger partial charge in [-0.15, -0.1) is 0 Å². The Kier molecular flexibility index (Phi) is 6.92. The van der Waals surface area contributed by atoms with Crippen LogP contribution in [0.5, 0.6) is 0 Å². The highest BCUT2D eigenvalue weighted by molar-refractivity contribution is 5.98. The van der Waals surface area contributed by atoms with E-state index in [4.69, 9.17) is 13.9 Å². The number of anilines is 1. The second-order valence-electron chi connectivity index (χ2n) is 8.78. The Balaban J connectivity index is 1.41. The maximum atomic E-state index is 13.0. The lowest BCUT2D eigenvalue weighted by Gasteiger charge is -2.30. The van der Waals surface area contributed by atoms with Crippen LogP contribution in [0.25, 0.3) is 11.0 Å². The average molecular weight is 429 g/mol. The molecule has 1 aromatic carbocycles. The van der Waals surface area contributed by atoms with Gasteiger partial charge in [-0.3, -0.25) is 4.79 Å². The second kappa shape index (κ2) is 9.83. The fourth-order valence-electron chi connectivity index (χ4n) is 4.85. The maximum absolute atomic E-state index is 13.0. The zero-order valence-corrected chi connectivity index (χ0v) is 18.3. The van der Waals surface area contributed by atoms with Gasteiger partial charge in [0, 0.05) is 18.2 Å². The van der Waals surface area contributed by atoms with E-state index in [0.717, 1.165) is 18.4 Å². The number of furan rings is 1. The zero-order chi connectivity index (χ0) is 21.8. The van der Waals surface area contributed by atoms with Crippen LogP contribution < -0.4 is 10.6 Å². The molecule has 2 aliphatic rings. The van der Waals surface area contributed by atoms with Gasteiger partial charge in [-0.05, 0) is 56.0 Å². The molecule has 7 heteroatoms. The molecule has 1 unspecified atom stereocenters. The third-order valence-corrected chi connectivity index (χ3v) is 6.64. The molecular formula is C24H32N2O5. The first-order chi connectivity index (χ1) is 15.0. The van der Waals surface area contributed by atoms with Crippen molar-refractivity contribution in [2.24, 2.45) is 11.8 Å². The number of fused-ring (bicyclic) bond motifs is 1. The van der Waals surface area contributed by atoms with Crippen molar-refractivity contribution in [2.75, 3.05) is 25.6 Å². The summed E-state index contributed by atoms with van der Waals surface area (Å²) in [5.74, 6) is 0.677. The number of amides is 1. The van der Waals surface area contributed by atoms with Gasteiger partial charge in [0.15, 0.2) is 0 Å². The Hall–Kier alpha value is -2.38. The number of nitrogens with one attached hydrogen (secondary N) is 2. The summed E-state index contributed by atoms with van der Waals surface area (Å²) in [7, 11) is 1.56. The minimum Gasteiger partial charge on any atom is -0.457 e. The topological polar surface area (TPSA) is 89.8 Å². The molecule has 2 N–H and O–H groups in total. The van der Waals surface area contributed by atoms with E-state index in [2.05, 4.69) is 10.6 Å². The van der Waals surface area contributed by atoms with Crippen LogP contribution in [-0.4, -0.2) is 44.3 Å². The van der Waals surface area contributed by atoms with E-state index in [0.29, 0.717) is 23.1 Å². The number of ether oxygens (including phenoxy) is 2. The highest BCUT2D eigenvalue weighted by Gasteiger charge is 2.38. The SMILES string of the molecule is CO[C@@H](C)COC(=O)c1cc2cc(NC(=O)[C@H]3NCCC3C3CCCCC3)ccc2o1. The van der Waals surface area contributed by atoms with Gasteiger partial charge in [0.25, 0.3) is 0 Å². The summed E-state index contributed by atoms with van der Waals surface area (Å²) in [6.45, 7) is 2.87. The highest BCUT2D eigenvalue weighted by Crippen LogP contribution is 2.36. The molecule has 1 aromatic heterocycles. The van der Waals surface area contributed by atoms with Gasteiger partial charge in [-0.1, -0.05) is 32.1 Å². The molecule has 0 bridgehead atoms. The molecule has 0 spiro atoms. The van der Waals surface area contributed by atoms with Crippen molar-refractivity contribution in [3.05, 3.63) is 30.0 Å². The molecule has 2 aromatic rings. The number of carbonyl (C=O) groups is 2. The molecule has 4 rings (SSSR count). The summed E-state index contributed by atoms with van der Waals surface area (Å²) in [6.07, 6.45) is 7.23. The lowest BCUT2D eigenvalue weighted by Crippen LogP contribution is -2.42. The van der Waals surface area contributed by atoms with E-state index < -0.39 is 5.97 Å². The normalized spacial score (nSPS) is 23.0. The Morgan fingerprint density at radius 1 is 1.19 bits per heavy atom. The van der Waals surface area contributed by atoms with Crippen LogP contribution in [0.4, 0.5) is 5.69 Å². The Morgan fingerprint density at radius 3 is 2.77 bits per heavy atom. The minimum atomic E-state index is -0.531. The summed E-state index contributed by atoms with van der Waals surface area (Å²) in [4.78, 5) is 25.2. The summed E-state index contributed by atoms with van der Waals surface area (Å²) >= 11 is 0. The van der Waals surface area contributed by atoms with Crippen LogP contribution in [0.15, 0.2) is 28.7 Å². The fraction of sp³-hybridized carbons (Fsp3) is 0.583. The average Bonchev–Trinajstić information content (AvgIpc) is 3.45. The van der Waals surface area contributed by atoms with E-state index in [1.165, 1.54) is 32.1 Å². The molecule has 0 radical (unpaired) electrons. The van der Waals surface area contributed by atoms with Crippen molar-refractivity contribution in [1.82, 2.24) is 5.32 Å². The summed E-state index contributed by atoms with van der Waals surface area (Å²) < 4.78 is 15.9. The molecule has 1 saturated heterocycles. The molecule has 1 aliphatic carbocycles. The largest absolute Gasteiger partial charge is 0.457 e. The zero-order valence-electron chi connectivity index (χ0n) is 18.3. The van der Waals surface area contributed by atoms with E-state index in [1.807, 2.05) is 13.0 Å². The summed E-state index contributed by atoms with van der Waals surface area (Å²) in [5.41, 5.74) is 1.27. The Morgan fingerprint density at radius 2 is 2.00 bits per heavy atom. The molecule has 168 valence electrons. The minimum absolute atomic E-state index is 0.0177. The first kappa shape index (κ1) is 21.8. The van der Waals surface area contributed by atoms with Gasteiger partial charge in [0.2, 0.25) is 11.7 Å². The quantitative estimate of drug-likeness (QED) is 0.645. The molecule has 2 fully saturated rings. The van der Waals surface area contributed by atoms with Gasteiger partial charge in [-0.25, -0.2) is 4.79 Å². The smallest absolute Gasteiger partial charge is 0.374 e. The number of benzene rings is 1. The molecule has 2 heterocycles. The van der Waals surface area contributed by atoms with Crippen molar-refractivity contribution < 1.29 is 23.5 Å². The fourth-order valence-corrected chi connectivity index (χ4v) is 4.85. The van der Waals surface area contributed by atoms with Gasteiger partial charge in [0.1, 0.15) is 12.2 Å². The lowest BCUT2D eigenvalue weighted by molar-refractivity contribution is -0.119. The van der Waals surface area contributed by atoms with E-state index >= 15 is 0 Å². The number of esters is 1. The van der Waals surface area contributed by atoms with Crippen LogP contribution in [0, 0.1) is 11.8 Å². The molecule has 1 aliphatic heterocycles. The summed E-state index contributed by atoms with van der Waals surface area (Å²) in [5, 5.41) is 7.20. The molecule has 31 heavy (non-hydrogen) atoms. The molecule has 3 atom stereocenters. The van der Waals surface area contributed by atoms with Crippen LogP contribution in [-0.2, 0) is 14.3 Å². The lowest BCUT2D eigenvalue weighted by atomic mass is 9.76. The van der Waals surface area contributed by atoms with E-state index in [1.54, 1.807) is 25.3 Å². The number of rotatable bonds is 7. The van der Waals surface area contributed by atoms with Crippen LogP contribution in [0.2, 0.25) is 0 Å². The third-order valence-electron chi connectivity index (χ3n) is 6.64. The van der Waals surface area contributed by atoms with Gasteiger partial charge < -0.3 is 24.5 Å². The van der Waals surface area contributed by atoms with Crippen molar-refractivity contribution in [3.63, 3.8) is 0 Å². The Bertz CT molecular complexity index is 918. The van der Waals surface area contributed by atoms with Crippen LogP contribution in [0.3, 0.4) is 0 Å². The van der Waals surface area contributed by atoms with Gasteiger partial charge in [0.05, 0.1) is 12.1 Å². The molecule has 7 nitrogen and oxygen atoms in total. The molecule has 1 saturated carbocycles. The predicted octanol–water partition coefficient (Wildman–Crippen LogP) is 4.12. The van der Waals surface area contributed by atoms with Crippen LogP contribution in [0.1, 0.15) is 56.0 Å². The van der Waals surface area contributed by atoms with Crippen molar-refractivity contribution >= 4 is 28.5 Å². The van der Waals surface area contributed by atoms with E-state index in [-0.39, 0.29) is 30.4 Å². The number of hydrogen-bond donors (Lipinski definition) is 2. The van der Waals surface area contributed by atoms with Gasteiger partial charge in [-0.2, -0.15) is 0 Å². The predicted molar refractivity (Wildman–Crippen MR) is 118 cm³/mol. The van der Waals surface area contributed by atoms with Gasteiger partial charge >= 0.3 is 5.97 Å². The maximum Gasteiger partial charge on any atom is 0.374 e. The van der Waals surface area contributed by atoms with Crippen molar-refractivity contribution in [1.29, 1.82) is 0 Å². The number of hydrogen-bond acceptors (Lipinski definition) is 6.